The quantitative estimate of drug-likeness (QED) is 0.380. The molecule has 1 aromatic carbocycles. The van der Waals surface area contributed by atoms with Crippen LogP contribution in [-0.4, -0.2) is 28.3 Å². The standard InChI is InChI=1S/C19H12F3N7O4S/c1-29-15(18(31)33-28-29)14-11(6-23)16(25)27-17(12(14)7-24)34-8-13(30)26-9-2-4-10(5-3-9)32-19(20,21)22/h2-5H,8H2,1H3,(H3-,25,26,27,28,30,31). The molecular formula is C19H12F3N7O4S. The number of pyridine rings is 1. The van der Waals surface area contributed by atoms with Crippen molar-refractivity contribution in [2.75, 3.05) is 16.8 Å². The first-order valence-corrected chi connectivity index (χ1v) is 9.98. The molecule has 0 radical (unpaired) electrons. The first kappa shape index (κ1) is 24.1. The summed E-state index contributed by atoms with van der Waals surface area (Å²) in [6.07, 6.45) is -4.84. The molecule has 0 bridgehead atoms. The number of nitrogens with zero attached hydrogens (tertiary/aromatic N) is 5. The molecule has 0 saturated heterocycles. The molecule has 0 aliphatic carbocycles. The van der Waals surface area contributed by atoms with Gasteiger partial charge in [-0.05, 0) is 24.3 Å². The molecule has 3 N–H and O–H groups in total. The van der Waals surface area contributed by atoms with Gasteiger partial charge in [0.05, 0.1) is 22.2 Å². The number of ether oxygens (including phenoxy) is 1. The highest BCUT2D eigenvalue weighted by Gasteiger charge is 2.31. The molecule has 0 unspecified atom stereocenters. The number of nitriles is 2. The number of hydrogen-bond donors (Lipinski definition) is 2. The Kier molecular flexibility index (Phi) is 6.78. The summed E-state index contributed by atoms with van der Waals surface area (Å²) < 4.78 is 46.1. The number of anilines is 2. The number of hydrogen-bond acceptors (Lipinski definition) is 10. The Morgan fingerprint density at radius 2 is 1.94 bits per heavy atom. The third kappa shape index (κ3) is 5.28. The van der Waals surface area contributed by atoms with Crippen molar-refractivity contribution in [3.63, 3.8) is 0 Å². The lowest BCUT2D eigenvalue weighted by Crippen LogP contribution is -2.32. The van der Waals surface area contributed by atoms with Crippen molar-refractivity contribution in [1.29, 1.82) is 10.5 Å². The van der Waals surface area contributed by atoms with Crippen molar-refractivity contribution in [2.45, 2.75) is 11.4 Å². The molecule has 0 aliphatic heterocycles. The second-order valence-corrected chi connectivity index (χ2v) is 7.36. The number of nitrogen functional groups attached to an aromatic ring is 1. The number of aryl methyl sites for hydroxylation is 1. The van der Waals surface area contributed by atoms with Gasteiger partial charge in [0.15, 0.2) is 13.0 Å². The number of alkyl halides is 3. The number of carbonyl (C=O) groups is 1. The van der Waals surface area contributed by atoms with E-state index in [2.05, 4.69) is 24.8 Å². The van der Waals surface area contributed by atoms with Gasteiger partial charge in [0.25, 0.3) is 5.69 Å². The number of nitrogens with two attached hydrogens (primary N) is 1. The van der Waals surface area contributed by atoms with Crippen LogP contribution in [0.25, 0.3) is 11.3 Å². The van der Waals surface area contributed by atoms with Crippen molar-refractivity contribution in [3.05, 3.63) is 35.4 Å². The summed E-state index contributed by atoms with van der Waals surface area (Å²) in [5, 5.41) is 37.2. The Bertz CT molecular complexity index is 1310. The molecule has 3 aromatic rings. The van der Waals surface area contributed by atoms with E-state index in [4.69, 9.17) is 5.73 Å². The Hall–Kier alpha value is -4.50. The SMILES string of the molecule is C[n+]1noc([O-])c1-c1c(C#N)c(N)nc(SCC(=O)Nc2ccc(OC(F)(F)F)cc2)c1C#N. The zero-order chi connectivity index (χ0) is 25.0. The normalized spacial score (nSPS) is 10.9. The van der Waals surface area contributed by atoms with Gasteiger partial charge in [-0.1, -0.05) is 16.4 Å². The van der Waals surface area contributed by atoms with Crippen LogP contribution in [0, 0.1) is 22.7 Å². The molecule has 0 spiro atoms. The van der Waals surface area contributed by atoms with Gasteiger partial charge in [0.1, 0.15) is 34.3 Å². The number of rotatable bonds is 6. The Balaban J connectivity index is 1.82. The first-order chi connectivity index (χ1) is 16.0. The van der Waals surface area contributed by atoms with Crippen molar-refractivity contribution in [1.82, 2.24) is 10.3 Å². The molecule has 174 valence electrons. The summed E-state index contributed by atoms with van der Waals surface area (Å²) >= 11 is 0.796. The molecular weight excluding hydrogens is 479 g/mol. The lowest BCUT2D eigenvalue weighted by molar-refractivity contribution is -0.730. The predicted molar refractivity (Wildman–Crippen MR) is 107 cm³/mol. The molecule has 0 atom stereocenters. The number of halogens is 3. The summed E-state index contributed by atoms with van der Waals surface area (Å²) in [5.41, 5.74) is 5.28. The number of benzene rings is 1. The van der Waals surface area contributed by atoms with E-state index in [1.165, 1.54) is 19.2 Å². The zero-order valence-corrected chi connectivity index (χ0v) is 17.8. The number of nitrogens with one attached hydrogen (secondary N) is 1. The van der Waals surface area contributed by atoms with Crippen LogP contribution >= 0.6 is 11.8 Å². The molecule has 0 saturated carbocycles. The molecule has 1 amide bonds. The van der Waals surface area contributed by atoms with E-state index in [0.717, 1.165) is 28.6 Å². The fraction of sp³-hybridized carbons (Fsp3) is 0.158. The topological polar surface area (TPSA) is 178 Å². The van der Waals surface area contributed by atoms with Crippen LogP contribution in [0.15, 0.2) is 33.8 Å². The average Bonchev–Trinajstić information content (AvgIpc) is 3.09. The molecule has 2 aromatic heterocycles. The van der Waals surface area contributed by atoms with Crippen molar-refractivity contribution in [3.8, 4) is 35.1 Å². The van der Waals surface area contributed by atoms with Crippen molar-refractivity contribution >= 4 is 29.2 Å². The van der Waals surface area contributed by atoms with E-state index in [0.29, 0.717) is 0 Å². The van der Waals surface area contributed by atoms with Gasteiger partial charge >= 0.3 is 6.36 Å². The highest BCUT2D eigenvalue weighted by atomic mass is 32.2. The predicted octanol–water partition coefficient (Wildman–Crippen LogP) is 1.59. The fourth-order valence-electron chi connectivity index (χ4n) is 2.79. The molecule has 0 fully saturated rings. The van der Waals surface area contributed by atoms with Crippen LogP contribution < -0.4 is 25.6 Å². The van der Waals surface area contributed by atoms with Crippen molar-refractivity contribution < 1.29 is 37.0 Å². The number of amides is 1. The maximum Gasteiger partial charge on any atom is 0.573 e. The molecule has 34 heavy (non-hydrogen) atoms. The Morgan fingerprint density at radius 3 is 2.47 bits per heavy atom. The van der Waals surface area contributed by atoms with E-state index < -0.39 is 24.0 Å². The molecule has 2 heterocycles. The lowest BCUT2D eigenvalue weighted by Gasteiger charge is -2.11. The van der Waals surface area contributed by atoms with Gasteiger partial charge in [0.2, 0.25) is 5.91 Å². The monoisotopic (exact) mass is 491 g/mol. The van der Waals surface area contributed by atoms with E-state index in [-0.39, 0.29) is 44.7 Å². The second-order valence-electron chi connectivity index (χ2n) is 6.39. The summed E-state index contributed by atoms with van der Waals surface area (Å²) in [5.74, 6) is -2.51. The number of carbonyl (C=O) groups excluding carboxylic acids is 1. The summed E-state index contributed by atoms with van der Waals surface area (Å²) in [4.78, 5) is 16.3. The smallest absolute Gasteiger partial charge is 0.539 e. The maximum atomic E-state index is 12.3. The third-order valence-electron chi connectivity index (χ3n) is 4.13. The van der Waals surface area contributed by atoms with Gasteiger partial charge in [-0.2, -0.15) is 10.5 Å². The van der Waals surface area contributed by atoms with Gasteiger partial charge in [0, 0.05) is 5.69 Å². The second kappa shape index (κ2) is 9.55. The Morgan fingerprint density at radius 1 is 1.29 bits per heavy atom. The van der Waals surface area contributed by atoms with Crippen LogP contribution in [0.4, 0.5) is 24.7 Å². The molecule has 0 aliphatic rings. The highest BCUT2D eigenvalue weighted by Crippen LogP contribution is 2.36. The Labute approximate surface area is 193 Å². The first-order valence-electron chi connectivity index (χ1n) is 8.99. The molecule has 15 heteroatoms. The van der Waals surface area contributed by atoms with Crippen LogP contribution in [0.2, 0.25) is 0 Å². The number of thioether (sulfide) groups is 1. The summed E-state index contributed by atoms with van der Waals surface area (Å²) in [6.45, 7) is 0. The minimum absolute atomic E-state index is 0.0290. The minimum atomic E-state index is -4.84. The van der Waals surface area contributed by atoms with E-state index in [1.54, 1.807) is 6.07 Å². The average molecular weight is 491 g/mol. The highest BCUT2D eigenvalue weighted by molar-refractivity contribution is 8.00. The van der Waals surface area contributed by atoms with Crippen LogP contribution in [0.5, 0.6) is 11.7 Å². The van der Waals surface area contributed by atoms with Crippen LogP contribution in [-0.2, 0) is 11.8 Å². The summed E-state index contributed by atoms with van der Waals surface area (Å²) in [6, 6.07) is 8.13. The zero-order valence-electron chi connectivity index (χ0n) is 17.0. The van der Waals surface area contributed by atoms with Crippen molar-refractivity contribution in [2.24, 2.45) is 7.05 Å². The van der Waals surface area contributed by atoms with Crippen LogP contribution in [0.1, 0.15) is 11.1 Å². The van der Waals surface area contributed by atoms with Gasteiger partial charge < -0.3 is 25.4 Å². The minimum Gasteiger partial charge on any atom is -0.539 e. The van der Waals surface area contributed by atoms with E-state index >= 15 is 0 Å². The van der Waals surface area contributed by atoms with Gasteiger partial charge in [-0.3, -0.25) is 4.79 Å². The molecule has 11 nitrogen and oxygen atoms in total. The summed E-state index contributed by atoms with van der Waals surface area (Å²) in [7, 11) is 1.37. The fourth-order valence-corrected chi connectivity index (χ4v) is 3.58. The largest absolute Gasteiger partial charge is 0.573 e. The van der Waals surface area contributed by atoms with Gasteiger partial charge in [-0.15, -0.1) is 13.2 Å². The van der Waals surface area contributed by atoms with Crippen LogP contribution in [0.3, 0.4) is 0 Å². The van der Waals surface area contributed by atoms with E-state index in [1.807, 2.05) is 6.07 Å². The maximum absolute atomic E-state index is 12.3. The van der Waals surface area contributed by atoms with Gasteiger partial charge in [-0.25, -0.2) is 4.98 Å². The third-order valence-corrected chi connectivity index (χ3v) is 5.10. The van der Waals surface area contributed by atoms with E-state index in [9.17, 15) is 33.6 Å². The lowest BCUT2D eigenvalue weighted by atomic mass is 10.0. The number of aromatic nitrogens is 3. The molecule has 3 rings (SSSR count).